The number of hydrogen-bond donors (Lipinski definition) is 2. The third kappa shape index (κ3) is 3.99. The smallest absolute Gasteiger partial charge is 0.241 e. The van der Waals surface area contributed by atoms with Gasteiger partial charge in [0.15, 0.2) is 0 Å². The second-order valence-corrected chi connectivity index (χ2v) is 6.09. The van der Waals surface area contributed by atoms with Gasteiger partial charge in [-0.2, -0.15) is 0 Å². The average Bonchev–Trinajstić information content (AvgIpc) is 2.47. The molecule has 0 unspecified atom stereocenters. The van der Waals surface area contributed by atoms with Gasteiger partial charge < -0.3 is 5.32 Å². The molecule has 21 heavy (non-hydrogen) atoms. The van der Waals surface area contributed by atoms with Crippen LogP contribution in [0.2, 0.25) is 0 Å². The molecule has 7 heteroatoms. The molecule has 2 rings (SSSR count). The van der Waals surface area contributed by atoms with Crippen LogP contribution in [0, 0.1) is 5.82 Å². The predicted molar refractivity (Wildman–Crippen MR) is 78.8 cm³/mol. The van der Waals surface area contributed by atoms with Gasteiger partial charge in [0.2, 0.25) is 10.0 Å². The molecule has 1 aromatic heterocycles. The molecule has 0 saturated heterocycles. The molecular formula is C14H16FN3O2S. The fourth-order valence-electron chi connectivity index (χ4n) is 1.75. The van der Waals surface area contributed by atoms with E-state index in [1.165, 1.54) is 30.5 Å². The van der Waals surface area contributed by atoms with Crippen molar-refractivity contribution in [3.05, 3.63) is 54.0 Å². The van der Waals surface area contributed by atoms with E-state index in [0.717, 1.165) is 0 Å². The molecule has 0 aliphatic rings. The summed E-state index contributed by atoms with van der Waals surface area (Å²) in [4.78, 5) is 4.10. The first-order chi connectivity index (χ1) is 10.0. The lowest BCUT2D eigenvalue weighted by Crippen LogP contribution is -2.24. The topological polar surface area (TPSA) is 71.1 Å². The lowest BCUT2D eigenvalue weighted by atomic mass is 10.2. The van der Waals surface area contributed by atoms with E-state index in [1.807, 2.05) is 6.92 Å². The summed E-state index contributed by atoms with van der Waals surface area (Å²) in [5, 5.41) is 2.94. The molecule has 0 aliphatic carbocycles. The number of pyridine rings is 1. The van der Waals surface area contributed by atoms with Crippen molar-refractivity contribution in [2.45, 2.75) is 18.4 Å². The summed E-state index contributed by atoms with van der Waals surface area (Å²) in [5.41, 5.74) is 0.294. The molecule has 1 heterocycles. The van der Waals surface area contributed by atoms with E-state index in [1.54, 1.807) is 12.1 Å². The third-order valence-corrected chi connectivity index (χ3v) is 4.21. The van der Waals surface area contributed by atoms with Crippen LogP contribution in [-0.4, -0.2) is 19.9 Å². The highest BCUT2D eigenvalue weighted by atomic mass is 32.2. The average molecular weight is 309 g/mol. The number of rotatable bonds is 6. The van der Waals surface area contributed by atoms with E-state index >= 15 is 0 Å². The van der Waals surface area contributed by atoms with Gasteiger partial charge in [-0.25, -0.2) is 22.5 Å². The molecule has 2 N–H and O–H groups in total. The first kappa shape index (κ1) is 15.4. The van der Waals surface area contributed by atoms with Gasteiger partial charge >= 0.3 is 0 Å². The largest absolute Gasteiger partial charge is 0.370 e. The number of anilines is 1. The zero-order valence-electron chi connectivity index (χ0n) is 11.5. The van der Waals surface area contributed by atoms with Crippen LogP contribution in [0.15, 0.2) is 47.5 Å². The van der Waals surface area contributed by atoms with Crippen molar-refractivity contribution in [2.24, 2.45) is 0 Å². The summed E-state index contributed by atoms with van der Waals surface area (Å²) < 4.78 is 40.2. The van der Waals surface area contributed by atoms with Crippen LogP contribution in [-0.2, 0) is 16.6 Å². The number of benzene rings is 1. The summed E-state index contributed by atoms with van der Waals surface area (Å²) in [5.74, 6) is 0.0366. The normalized spacial score (nSPS) is 11.3. The number of aromatic nitrogens is 1. The lowest BCUT2D eigenvalue weighted by molar-refractivity contribution is 0.574. The van der Waals surface area contributed by atoms with Crippen molar-refractivity contribution in [1.82, 2.24) is 9.71 Å². The summed E-state index contributed by atoms with van der Waals surface area (Å²) in [6.07, 6.45) is 1.41. The third-order valence-electron chi connectivity index (χ3n) is 2.81. The number of sulfonamides is 1. The molecular weight excluding hydrogens is 293 g/mol. The number of halogens is 1. The van der Waals surface area contributed by atoms with Crippen molar-refractivity contribution in [3.63, 3.8) is 0 Å². The highest BCUT2D eigenvalue weighted by Gasteiger charge is 2.15. The molecule has 0 radical (unpaired) electrons. The fourth-order valence-corrected chi connectivity index (χ4v) is 2.77. The molecule has 2 aromatic rings. The summed E-state index contributed by atoms with van der Waals surface area (Å²) in [6.45, 7) is 2.42. The minimum atomic E-state index is -3.71. The molecule has 112 valence electrons. The van der Waals surface area contributed by atoms with Gasteiger partial charge in [0, 0.05) is 30.9 Å². The number of nitrogens with one attached hydrogen (secondary N) is 2. The quantitative estimate of drug-likeness (QED) is 0.857. The van der Waals surface area contributed by atoms with Crippen LogP contribution >= 0.6 is 0 Å². The van der Waals surface area contributed by atoms with E-state index in [9.17, 15) is 12.8 Å². The van der Waals surface area contributed by atoms with Crippen molar-refractivity contribution >= 4 is 15.8 Å². The summed E-state index contributed by atoms with van der Waals surface area (Å²) >= 11 is 0. The van der Waals surface area contributed by atoms with E-state index in [4.69, 9.17) is 0 Å². The summed E-state index contributed by atoms with van der Waals surface area (Å²) in [6, 6.07) is 8.87. The maximum atomic E-state index is 13.5. The lowest BCUT2D eigenvalue weighted by Gasteiger charge is -2.09. The van der Waals surface area contributed by atoms with E-state index in [2.05, 4.69) is 15.0 Å². The Kier molecular flexibility index (Phi) is 4.87. The second-order valence-electron chi connectivity index (χ2n) is 4.32. The van der Waals surface area contributed by atoms with Crippen molar-refractivity contribution in [1.29, 1.82) is 0 Å². The Morgan fingerprint density at radius 1 is 1.24 bits per heavy atom. The van der Waals surface area contributed by atoms with Gasteiger partial charge in [0.05, 0.1) is 4.90 Å². The Labute approximate surface area is 123 Å². The molecule has 0 saturated carbocycles. The maximum absolute atomic E-state index is 13.5. The zero-order valence-corrected chi connectivity index (χ0v) is 12.3. The standard InChI is InChI=1S/C14H16FN3O2S/c1-2-16-14-9-12(7-8-17-14)21(19,20)18-10-11-5-3-4-6-13(11)15/h3-9,18H,2,10H2,1H3,(H,16,17). The Hall–Kier alpha value is -1.99. The van der Waals surface area contributed by atoms with Crippen LogP contribution in [0.25, 0.3) is 0 Å². The minimum Gasteiger partial charge on any atom is -0.370 e. The highest BCUT2D eigenvalue weighted by Crippen LogP contribution is 2.14. The molecule has 0 aliphatic heterocycles. The van der Waals surface area contributed by atoms with Crippen molar-refractivity contribution in [2.75, 3.05) is 11.9 Å². The number of hydrogen-bond acceptors (Lipinski definition) is 4. The molecule has 5 nitrogen and oxygen atoms in total. The van der Waals surface area contributed by atoms with Crippen molar-refractivity contribution in [3.8, 4) is 0 Å². The van der Waals surface area contributed by atoms with E-state index in [0.29, 0.717) is 17.9 Å². The zero-order chi connectivity index (χ0) is 15.3. The van der Waals surface area contributed by atoms with Gasteiger partial charge in [-0.05, 0) is 19.1 Å². The minimum absolute atomic E-state index is 0.0878. The molecule has 1 aromatic carbocycles. The first-order valence-corrected chi connectivity index (χ1v) is 7.94. The van der Waals surface area contributed by atoms with Gasteiger partial charge in [-0.15, -0.1) is 0 Å². The Bertz CT molecular complexity index is 720. The first-order valence-electron chi connectivity index (χ1n) is 6.46. The summed E-state index contributed by atoms with van der Waals surface area (Å²) in [7, 11) is -3.71. The van der Waals surface area contributed by atoms with Gasteiger partial charge in [-0.1, -0.05) is 18.2 Å². The fraction of sp³-hybridized carbons (Fsp3) is 0.214. The molecule has 0 amide bonds. The van der Waals surface area contributed by atoms with Gasteiger partial charge in [0.1, 0.15) is 11.6 Å². The van der Waals surface area contributed by atoms with Crippen LogP contribution in [0.5, 0.6) is 0 Å². The van der Waals surface area contributed by atoms with Crippen LogP contribution in [0.3, 0.4) is 0 Å². The number of nitrogens with zero attached hydrogens (tertiary/aromatic N) is 1. The Morgan fingerprint density at radius 2 is 2.00 bits per heavy atom. The predicted octanol–water partition coefficient (Wildman–Crippen LogP) is 2.13. The van der Waals surface area contributed by atoms with Crippen LogP contribution in [0.1, 0.15) is 12.5 Å². The molecule has 0 fully saturated rings. The van der Waals surface area contributed by atoms with Crippen molar-refractivity contribution < 1.29 is 12.8 Å². The molecule has 0 bridgehead atoms. The molecule has 0 atom stereocenters. The molecule has 0 spiro atoms. The van der Waals surface area contributed by atoms with E-state index in [-0.39, 0.29) is 11.4 Å². The monoisotopic (exact) mass is 309 g/mol. The van der Waals surface area contributed by atoms with Gasteiger partial charge in [0.25, 0.3) is 0 Å². The van der Waals surface area contributed by atoms with Gasteiger partial charge in [-0.3, -0.25) is 0 Å². The van der Waals surface area contributed by atoms with E-state index < -0.39 is 15.8 Å². The van der Waals surface area contributed by atoms with Crippen LogP contribution in [0.4, 0.5) is 10.2 Å². The SMILES string of the molecule is CCNc1cc(S(=O)(=O)NCc2ccccc2F)ccn1. The van der Waals surface area contributed by atoms with Crippen LogP contribution < -0.4 is 10.0 Å². The Morgan fingerprint density at radius 3 is 2.71 bits per heavy atom. The second kappa shape index (κ2) is 6.64. The highest BCUT2D eigenvalue weighted by molar-refractivity contribution is 7.89. The maximum Gasteiger partial charge on any atom is 0.241 e. The Balaban J connectivity index is 2.15.